The maximum absolute atomic E-state index is 12.0. The molecular weight excluding hydrogens is 308 g/mol. The molecule has 0 amide bonds. The summed E-state index contributed by atoms with van der Waals surface area (Å²) in [5.41, 5.74) is 0. The number of fused-ring (bicyclic) bond motifs is 1. The molecule has 0 bridgehead atoms. The first-order valence-corrected chi connectivity index (χ1v) is 7.63. The molecule has 0 aromatic rings. The third kappa shape index (κ3) is 3.21. The van der Waals surface area contributed by atoms with Crippen molar-refractivity contribution in [2.75, 3.05) is 6.61 Å². The lowest BCUT2D eigenvalue weighted by Gasteiger charge is -2.30. The van der Waals surface area contributed by atoms with Crippen molar-refractivity contribution in [2.24, 2.45) is 0 Å². The van der Waals surface area contributed by atoms with Gasteiger partial charge in [0.2, 0.25) is 0 Å². The number of hydrogen-bond acceptors (Lipinski definition) is 8. The lowest BCUT2D eigenvalue weighted by atomic mass is 10.0. The molecule has 8 nitrogen and oxygen atoms in total. The molecular formula is C15H22O8. The third-order valence-electron chi connectivity index (χ3n) is 3.96. The molecule has 3 fully saturated rings. The van der Waals surface area contributed by atoms with Gasteiger partial charge in [0.25, 0.3) is 0 Å². The Bertz CT molecular complexity index is 514. The Kier molecular flexibility index (Phi) is 3.91. The average Bonchev–Trinajstić information content (AvgIpc) is 3.00. The highest BCUT2D eigenvalue weighted by atomic mass is 16.8. The van der Waals surface area contributed by atoms with Crippen LogP contribution in [0.3, 0.4) is 0 Å². The molecule has 8 heteroatoms. The minimum Gasteiger partial charge on any atom is -0.456 e. The van der Waals surface area contributed by atoms with Crippen molar-refractivity contribution >= 4 is 11.9 Å². The second-order valence-corrected chi connectivity index (χ2v) is 6.86. The minimum atomic E-state index is -0.903. The molecule has 0 aliphatic carbocycles. The van der Waals surface area contributed by atoms with Crippen LogP contribution >= 0.6 is 0 Å². The summed E-state index contributed by atoms with van der Waals surface area (Å²) in [6.07, 6.45) is -3.68. The van der Waals surface area contributed by atoms with Crippen LogP contribution in [0.5, 0.6) is 0 Å². The minimum absolute atomic E-state index is 0.223. The molecule has 0 N–H and O–H groups in total. The van der Waals surface area contributed by atoms with Crippen LogP contribution in [0.4, 0.5) is 0 Å². The maximum Gasteiger partial charge on any atom is 0.338 e. The average molecular weight is 330 g/mol. The Hall–Kier alpha value is -1.22. The topological polar surface area (TPSA) is 89.5 Å². The van der Waals surface area contributed by atoms with E-state index in [-0.39, 0.29) is 6.61 Å². The SMILES string of the molecule is CC(=O)O[C@@H]([C@@H]1OC(=O)[C@@H]2OC(C)(C)O[C@H]12)[C@H]1COC(C)(C)O1. The summed E-state index contributed by atoms with van der Waals surface area (Å²) in [7, 11) is 0. The summed E-state index contributed by atoms with van der Waals surface area (Å²) in [6, 6.07) is 0. The Balaban J connectivity index is 1.82. The van der Waals surface area contributed by atoms with Crippen LogP contribution < -0.4 is 0 Å². The highest BCUT2D eigenvalue weighted by Gasteiger charge is 2.60. The highest BCUT2D eigenvalue weighted by molar-refractivity contribution is 5.79. The van der Waals surface area contributed by atoms with E-state index in [1.54, 1.807) is 27.7 Å². The van der Waals surface area contributed by atoms with Gasteiger partial charge in [0.1, 0.15) is 12.2 Å². The highest BCUT2D eigenvalue weighted by Crippen LogP contribution is 2.39. The number of cyclic esters (lactones) is 1. The Morgan fingerprint density at radius 2 is 1.87 bits per heavy atom. The van der Waals surface area contributed by atoms with Gasteiger partial charge >= 0.3 is 11.9 Å². The van der Waals surface area contributed by atoms with E-state index in [9.17, 15) is 9.59 Å². The number of esters is 2. The lowest BCUT2D eigenvalue weighted by molar-refractivity contribution is -0.210. The molecule has 0 aromatic carbocycles. The first kappa shape index (κ1) is 16.6. The molecule has 3 heterocycles. The third-order valence-corrected chi connectivity index (χ3v) is 3.96. The van der Waals surface area contributed by atoms with E-state index in [1.165, 1.54) is 6.92 Å². The summed E-state index contributed by atoms with van der Waals surface area (Å²) in [4.78, 5) is 23.5. The summed E-state index contributed by atoms with van der Waals surface area (Å²) >= 11 is 0. The zero-order valence-corrected chi connectivity index (χ0v) is 13.9. The fraction of sp³-hybridized carbons (Fsp3) is 0.867. The Morgan fingerprint density at radius 1 is 1.17 bits per heavy atom. The van der Waals surface area contributed by atoms with Gasteiger partial charge in [0, 0.05) is 6.92 Å². The molecule has 3 rings (SSSR count). The van der Waals surface area contributed by atoms with Gasteiger partial charge in [-0.3, -0.25) is 4.79 Å². The number of carbonyl (C=O) groups is 2. The van der Waals surface area contributed by atoms with E-state index in [0.29, 0.717) is 0 Å². The van der Waals surface area contributed by atoms with Gasteiger partial charge in [-0.25, -0.2) is 4.79 Å². The zero-order chi connectivity index (χ0) is 17.0. The summed E-state index contributed by atoms with van der Waals surface area (Å²) in [5.74, 6) is -2.72. The molecule has 0 unspecified atom stereocenters. The van der Waals surface area contributed by atoms with E-state index >= 15 is 0 Å². The van der Waals surface area contributed by atoms with Gasteiger partial charge in [0.05, 0.1) is 6.61 Å². The van der Waals surface area contributed by atoms with Crippen molar-refractivity contribution in [1.29, 1.82) is 0 Å². The summed E-state index contributed by atoms with van der Waals surface area (Å²) in [6.45, 7) is 8.47. The number of carbonyl (C=O) groups excluding carboxylic acids is 2. The summed E-state index contributed by atoms with van der Waals surface area (Å²) in [5, 5.41) is 0. The van der Waals surface area contributed by atoms with E-state index in [4.69, 9.17) is 28.4 Å². The second kappa shape index (κ2) is 5.41. The normalized spacial score (nSPS) is 38.9. The molecule has 5 atom stereocenters. The zero-order valence-electron chi connectivity index (χ0n) is 13.9. The van der Waals surface area contributed by atoms with Gasteiger partial charge < -0.3 is 28.4 Å². The standard InChI is InChI=1S/C15H22O8/c1-7(16)19-9(8-6-18-14(2,3)21-8)10-11-12(13(17)20-10)23-15(4,5)22-11/h8-12H,6H2,1-5H3/t8-,9-,10+,11-,12-/m1/s1. The van der Waals surface area contributed by atoms with Crippen molar-refractivity contribution in [3.63, 3.8) is 0 Å². The van der Waals surface area contributed by atoms with Crippen molar-refractivity contribution in [2.45, 2.75) is 76.7 Å². The van der Waals surface area contributed by atoms with Crippen LogP contribution in [0.15, 0.2) is 0 Å². The molecule has 3 saturated heterocycles. The van der Waals surface area contributed by atoms with Crippen LogP contribution in [0, 0.1) is 0 Å². The van der Waals surface area contributed by atoms with Crippen LogP contribution in [0.1, 0.15) is 34.6 Å². The van der Waals surface area contributed by atoms with Crippen molar-refractivity contribution in [1.82, 2.24) is 0 Å². The molecule has 130 valence electrons. The van der Waals surface area contributed by atoms with Crippen molar-refractivity contribution in [3.8, 4) is 0 Å². The summed E-state index contributed by atoms with van der Waals surface area (Å²) < 4.78 is 33.4. The first-order chi connectivity index (χ1) is 10.6. The smallest absolute Gasteiger partial charge is 0.338 e. The van der Waals surface area contributed by atoms with Crippen molar-refractivity contribution in [3.05, 3.63) is 0 Å². The molecule has 0 spiro atoms. The van der Waals surface area contributed by atoms with Gasteiger partial charge in [-0.15, -0.1) is 0 Å². The predicted molar refractivity (Wildman–Crippen MR) is 74.2 cm³/mol. The van der Waals surface area contributed by atoms with E-state index in [1.807, 2.05) is 0 Å². The fourth-order valence-corrected chi connectivity index (χ4v) is 3.16. The van der Waals surface area contributed by atoms with Gasteiger partial charge in [-0.2, -0.15) is 0 Å². The van der Waals surface area contributed by atoms with Crippen LogP contribution in [0.25, 0.3) is 0 Å². The van der Waals surface area contributed by atoms with E-state index < -0.39 is 54.0 Å². The Labute approximate surface area is 134 Å². The molecule has 0 radical (unpaired) electrons. The second-order valence-electron chi connectivity index (χ2n) is 6.86. The largest absolute Gasteiger partial charge is 0.456 e. The van der Waals surface area contributed by atoms with Crippen LogP contribution in [0.2, 0.25) is 0 Å². The molecule has 3 aliphatic heterocycles. The van der Waals surface area contributed by atoms with Gasteiger partial charge in [-0.1, -0.05) is 0 Å². The van der Waals surface area contributed by atoms with Crippen LogP contribution in [-0.2, 0) is 38.0 Å². The maximum atomic E-state index is 12.0. The number of ether oxygens (including phenoxy) is 6. The first-order valence-electron chi connectivity index (χ1n) is 7.63. The van der Waals surface area contributed by atoms with Gasteiger partial charge in [0.15, 0.2) is 29.9 Å². The monoisotopic (exact) mass is 330 g/mol. The molecule has 0 aromatic heterocycles. The lowest BCUT2D eigenvalue weighted by Crippen LogP contribution is -2.48. The van der Waals surface area contributed by atoms with Gasteiger partial charge in [-0.05, 0) is 27.7 Å². The predicted octanol–water partition coefficient (Wildman–Crippen LogP) is 0.515. The van der Waals surface area contributed by atoms with E-state index in [2.05, 4.69) is 0 Å². The van der Waals surface area contributed by atoms with E-state index in [0.717, 1.165) is 0 Å². The number of hydrogen-bond donors (Lipinski definition) is 0. The molecule has 23 heavy (non-hydrogen) atoms. The van der Waals surface area contributed by atoms with Crippen molar-refractivity contribution < 1.29 is 38.0 Å². The Morgan fingerprint density at radius 3 is 2.43 bits per heavy atom. The molecule has 3 aliphatic rings. The quantitative estimate of drug-likeness (QED) is 0.692. The fourth-order valence-electron chi connectivity index (χ4n) is 3.16. The van der Waals surface area contributed by atoms with Crippen LogP contribution in [-0.4, -0.2) is 60.6 Å². The number of rotatable bonds is 3. The molecule has 0 saturated carbocycles.